The van der Waals surface area contributed by atoms with Crippen LogP contribution in [-0.4, -0.2) is 18.5 Å². The van der Waals surface area contributed by atoms with Crippen molar-refractivity contribution in [1.29, 1.82) is 0 Å². The number of benzene rings is 1. The molecule has 1 aromatic rings. The van der Waals surface area contributed by atoms with Crippen LogP contribution >= 0.6 is 0 Å². The summed E-state index contributed by atoms with van der Waals surface area (Å²) in [5.41, 5.74) is 0.803. The highest BCUT2D eigenvalue weighted by atomic mass is 16.6. The SMILES string of the molecule is CCCCCCCCCCCOC(=O)C(=O)Oc1ccccc1C. The Morgan fingerprint density at radius 1 is 0.833 bits per heavy atom. The van der Waals surface area contributed by atoms with Crippen molar-refractivity contribution >= 4 is 11.9 Å². The molecule has 0 aliphatic heterocycles. The van der Waals surface area contributed by atoms with E-state index in [2.05, 4.69) is 6.92 Å². The lowest BCUT2D eigenvalue weighted by Crippen LogP contribution is -2.23. The van der Waals surface area contributed by atoms with Crippen molar-refractivity contribution in [2.45, 2.75) is 71.6 Å². The first-order chi connectivity index (χ1) is 11.6. The fourth-order valence-electron chi connectivity index (χ4n) is 2.45. The second kappa shape index (κ2) is 12.6. The van der Waals surface area contributed by atoms with E-state index in [1.165, 1.54) is 38.5 Å². The minimum Gasteiger partial charge on any atom is -0.457 e. The van der Waals surface area contributed by atoms with E-state index in [0.29, 0.717) is 5.75 Å². The molecule has 0 amide bonds. The van der Waals surface area contributed by atoms with E-state index in [1.807, 2.05) is 19.1 Å². The molecular formula is C20H30O4. The van der Waals surface area contributed by atoms with Crippen molar-refractivity contribution < 1.29 is 19.1 Å². The van der Waals surface area contributed by atoms with Crippen LogP contribution in [0, 0.1) is 6.92 Å². The smallest absolute Gasteiger partial charge is 0.422 e. The van der Waals surface area contributed by atoms with Crippen LogP contribution in [0.15, 0.2) is 24.3 Å². The summed E-state index contributed by atoms with van der Waals surface area (Å²) >= 11 is 0. The summed E-state index contributed by atoms with van der Waals surface area (Å²) in [6, 6.07) is 7.06. The van der Waals surface area contributed by atoms with Crippen LogP contribution in [0.2, 0.25) is 0 Å². The first kappa shape index (κ1) is 20.2. The first-order valence-electron chi connectivity index (χ1n) is 9.09. The molecule has 0 unspecified atom stereocenters. The molecule has 0 spiro atoms. The molecular weight excluding hydrogens is 304 g/mol. The van der Waals surface area contributed by atoms with Gasteiger partial charge in [0, 0.05) is 0 Å². The highest BCUT2D eigenvalue weighted by molar-refractivity contribution is 6.30. The molecule has 0 fully saturated rings. The fraction of sp³-hybridized carbons (Fsp3) is 0.600. The van der Waals surface area contributed by atoms with Gasteiger partial charge in [0.05, 0.1) is 6.61 Å². The minimum absolute atomic E-state index is 0.275. The van der Waals surface area contributed by atoms with E-state index >= 15 is 0 Å². The van der Waals surface area contributed by atoms with Crippen LogP contribution in [0.25, 0.3) is 0 Å². The standard InChI is InChI=1S/C20H30O4/c1-3-4-5-6-7-8-9-10-13-16-23-19(21)20(22)24-18-15-12-11-14-17(18)2/h11-12,14-15H,3-10,13,16H2,1-2H3. The second-order valence-corrected chi connectivity index (χ2v) is 6.12. The molecule has 4 heteroatoms. The number of aryl methyl sites for hydroxylation is 1. The third-order valence-corrected chi connectivity index (χ3v) is 3.94. The molecule has 0 atom stereocenters. The van der Waals surface area contributed by atoms with Gasteiger partial charge >= 0.3 is 11.9 Å². The number of ether oxygens (including phenoxy) is 2. The van der Waals surface area contributed by atoms with Gasteiger partial charge in [-0.2, -0.15) is 0 Å². The Balaban J connectivity index is 2.05. The largest absolute Gasteiger partial charge is 0.457 e. The summed E-state index contributed by atoms with van der Waals surface area (Å²) in [7, 11) is 0. The average molecular weight is 334 g/mol. The Kier molecular flexibility index (Phi) is 10.6. The van der Waals surface area contributed by atoms with Crippen molar-refractivity contribution in [2.75, 3.05) is 6.61 Å². The maximum absolute atomic E-state index is 11.7. The zero-order chi connectivity index (χ0) is 17.6. The van der Waals surface area contributed by atoms with Crippen molar-refractivity contribution in [3.8, 4) is 5.75 Å². The predicted octanol–water partition coefficient (Wildman–Crippen LogP) is 4.97. The summed E-state index contributed by atoms with van der Waals surface area (Å²) < 4.78 is 10.00. The number of rotatable bonds is 11. The molecule has 1 aromatic carbocycles. The van der Waals surface area contributed by atoms with Crippen LogP contribution in [0.4, 0.5) is 0 Å². The van der Waals surface area contributed by atoms with E-state index in [4.69, 9.17) is 9.47 Å². The zero-order valence-electron chi connectivity index (χ0n) is 15.0. The lowest BCUT2D eigenvalue weighted by atomic mass is 10.1. The van der Waals surface area contributed by atoms with Crippen molar-refractivity contribution in [2.24, 2.45) is 0 Å². The Morgan fingerprint density at radius 2 is 1.42 bits per heavy atom. The third-order valence-electron chi connectivity index (χ3n) is 3.94. The topological polar surface area (TPSA) is 52.6 Å². The lowest BCUT2D eigenvalue weighted by Gasteiger charge is -2.07. The molecule has 0 N–H and O–H groups in total. The zero-order valence-corrected chi connectivity index (χ0v) is 15.0. The Hall–Kier alpha value is -1.84. The van der Waals surface area contributed by atoms with Crippen molar-refractivity contribution in [3.05, 3.63) is 29.8 Å². The monoisotopic (exact) mass is 334 g/mol. The summed E-state index contributed by atoms with van der Waals surface area (Å²) in [5.74, 6) is -1.49. The molecule has 0 aliphatic rings. The summed E-state index contributed by atoms with van der Waals surface area (Å²) in [4.78, 5) is 23.3. The molecule has 1 rings (SSSR count). The van der Waals surface area contributed by atoms with Crippen molar-refractivity contribution in [3.63, 3.8) is 0 Å². The molecule has 0 saturated carbocycles. The number of hydrogen-bond donors (Lipinski definition) is 0. The van der Waals surface area contributed by atoms with Crippen LogP contribution in [-0.2, 0) is 14.3 Å². The average Bonchev–Trinajstić information content (AvgIpc) is 2.58. The van der Waals surface area contributed by atoms with Crippen molar-refractivity contribution in [1.82, 2.24) is 0 Å². The number of para-hydroxylation sites is 1. The predicted molar refractivity (Wildman–Crippen MR) is 95.0 cm³/mol. The van der Waals surface area contributed by atoms with Crippen LogP contribution < -0.4 is 4.74 Å². The summed E-state index contributed by atoms with van der Waals surface area (Å²) in [6.45, 7) is 4.31. The summed E-state index contributed by atoms with van der Waals surface area (Å²) in [5, 5.41) is 0. The van der Waals surface area contributed by atoms with E-state index < -0.39 is 11.9 Å². The molecule has 0 heterocycles. The van der Waals surface area contributed by atoms with Gasteiger partial charge in [-0.15, -0.1) is 0 Å². The third kappa shape index (κ3) is 8.70. The van der Waals surface area contributed by atoms with Gasteiger partial charge < -0.3 is 9.47 Å². The maximum Gasteiger partial charge on any atom is 0.422 e. The van der Waals surface area contributed by atoms with Gasteiger partial charge in [-0.05, 0) is 25.0 Å². The molecule has 134 valence electrons. The molecule has 4 nitrogen and oxygen atoms in total. The normalized spacial score (nSPS) is 10.4. The van der Waals surface area contributed by atoms with Crippen LogP contribution in [0.5, 0.6) is 5.75 Å². The Bertz CT molecular complexity index is 496. The molecule has 24 heavy (non-hydrogen) atoms. The molecule has 0 aromatic heterocycles. The number of hydrogen-bond acceptors (Lipinski definition) is 4. The molecule has 0 saturated heterocycles. The van der Waals surface area contributed by atoms with Gasteiger partial charge in [-0.3, -0.25) is 0 Å². The first-order valence-corrected chi connectivity index (χ1v) is 9.09. The van der Waals surface area contributed by atoms with E-state index in [9.17, 15) is 9.59 Å². The van der Waals surface area contributed by atoms with Gasteiger partial charge in [0.15, 0.2) is 0 Å². The summed E-state index contributed by atoms with van der Waals surface area (Å²) in [6.07, 6.45) is 10.7. The second-order valence-electron chi connectivity index (χ2n) is 6.12. The number of esters is 2. The Morgan fingerprint density at radius 3 is 2.04 bits per heavy atom. The van der Waals surface area contributed by atoms with Gasteiger partial charge in [0.1, 0.15) is 5.75 Å². The van der Waals surface area contributed by atoms with Gasteiger partial charge in [-0.25, -0.2) is 9.59 Å². The van der Waals surface area contributed by atoms with Gasteiger partial charge in [0.2, 0.25) is 0 Å². The number of carbonyl (C=O) groups is 2. The fourth-order valence-corrected chi connectivity index (χ4v) is 2.45. The minimum atomic E-state index is -0.958. The quantitative estimate of drug-likeness (QED) is 0.248. The highest BCUT2D eigenvalue weighted by Crippen LogP contribution is 2.16. The number of carbonyl (C=O) groups excluding carboxylic acids is 2. The Labute approximate surface area is 145 Å². The highest BCUT2D eigenvalue weighted by Gasteiger charge is 2.18. The van der Waals surface area contributed by atoms with E-state index in [0.717, 1.165) is 24.8 Å². The molecule has 0 bridgehead atoms. The van der Waals surface area contributed by atoms with Crippen LogP contribution in [0.3, 0.4) is 0 Å². The van der Waals surface area contributed by atoms with Gasteiger partial charge in [-0.1, -0.05) is 76.5 Å². The van der Waals surface area contributed by atoms with Gasteiger partial charge in [0.25, 0.3) is 0 Å². The van der Waals surface area contributed by atoms with E-state index in [-0.39, 0.29) is 6.61 Å². The lowest BCUT2D eigenvalue weighted by molar-refractivity contribution is -0.162. The number of unbranched alkanes of at least 4 members (excludes halogenated alkanes) is 8. The molecule has 0 radical (unpaired) electrons. The van der Waals surface area contributed by atoms with Crippen LogP contribution in [0.1, 0.15) is 70.3 Å². The van der Waals surface area contributed by atoms with E-state index in [1.54, 1.807) is 12.1 Å². The molecule has 0 aliphatic carbocycles. The maximum atomic E-state index is 11.7.